The highest BCUT2D eigenvalue weighted by Crippen LogP contribution is 2.32. The van der Waals surface area contributed by atoms with Crippen LogP contribution in [0.25, 0.3) is 0 Å². The molecule has 0 aliphatic carbocycles. The van der Waals surface area contributed by atoms with Crippen LogP contribution in [-0.2, 0) is 11.8 Å². The number of pyridine rings is 1. The maximum atomic E-state index is 5.49. The summed E-state index contributed by atoms with van der Waals surface area (Å²) in [6, 6.07) is 2.07. The third-order valence-corrected chi connectivity index (χ3v) is 2.42. The van der Waals surface area contributed by atoms with E-state index in [-0.39, 0.29) is 5.41 Å². The fourth-order valence-corrected chi connectivity index (χ4v) is 1.48. The number of fused-ring (bicyclic) bond motifs is 1. The average molecular weight is 189 g/mol. The molecule has 0 radical (unpaired) electrons. The second-order valence-electron chi connectivity index (χ2n) is 4.74. The number of rotatable bonds is 0. The predicted octanol–water partition coefficient (Wildman–Crippen LogP) is 2.83. The van der Waals surface area contributed by atoms with Crippen LogP contribution in [0.4, 0.5) is 0 Å². The number of ether oxygens (including phenoxy) is 1. The van der Waals surface area contributed by atoms with Crippen LogP contribution in [0.15, 0.2) is 24.6 Å². The van der Waals surface area contributed by atoms with Crippen LogP contribution in [-0.4, -0.2) is 4.98 Å². The van der Waals surface area contributed by atoms with Crippen LogP contribution >= 0.6 is 0 Å². The highest BCUT2D eigenvalue weighted by Gasteiger charge is 2.21. The second-order valence-corrected chi connectivity index (χ2v) is 4.74. The Kier molecular flexibility index (Phi) is 1.88. The Morgan fingerprint density at radius 3 is 2.79 bits per heavy atom. The van der Waals surface area contributed by atoms with Crippen molar-refractivity contribution >= 4 is 0 Å². The summed E-state index contributed by atoms with van der Waals surface area (Å²) < 4.78 is 5.49. The molecule has 14 heavy (non-hydrogen) atoms. The van der Waals surface area contributed by atoms with Gasteiger partial charge < -0.3 is 4.74 Å². The molecule has 1 aromatic rings. The van der Waals surface area contributed by atoms with Gasteiger partial charge in [0.15, 0.2) is 0 Å². The maximum absolute atomic E-state index is 5.49. The van der Waals surface area contributed by atoms with Gasteiger partial charge in [0, 0.05) is 6.20 Å². The fraction of sp³-hybridized carbons (Fsp3) is 0.417. The first-order valence-electron chi connectivity index (χ1n) is 4.82. The van der Waals surface area contributed by atoms with Gasteiger partial charge in [-0.1, -0.05) is 27.4 Å². The van der Waals surface area contributed by atoms with E-state index in [1.807, 2.05) is 6.20 Å². The van der Waals surface area contributed by atoms with E-state index in [0.29, 0.717) is 0 Å². The minimum Gasteiger partial charge on any atom is -0.460 e. The first-order valence-corrected chi connectivity index (χ1v) is 4.82. The molecule has 2 nitrogen and oxygen atoms in total. The zero-order valence-corrected chi connectivity index (χ0v) is 8.92. The summed E-state index contributed by atoms with van der Waals surface area (Å²) in [7, 11) is 0. The number of aromatic nitrogens is 1. The van der Waals surface area contributed by atoms with Gasteiger partial charge in [-0.3, -0.25) is 4.98 Å². The molecule has 0 aromatic carbocycles. The molecule has 2 heteroatoms. The fourth-order valence-electron chi connectivity index (χ4n) is 1.48. The normalized spacial score (nSPS) is 15.2. The lowest BCUT2D eigenvalue weighted by Gasteiger charge is -2.18. The van der Waals surface area contributed by atoms with Gasteiger partial charge in [-0.25, -0.2) is 0 Å². The predicted molar refractivity (Wildman–Crippen MR) is 56.4 cm³/mol. The van der Waals surface area contributed by atoms with E-state index in [1.165, 1.54) is 5.56 Å². The molecule has 0 amide bonds. The molecular weight excluding hydrogens is 174 g/mol. The SMILES string of the molecule is C=C1Cc2ncc(C(C)(C)C)cc2O1. The molecule has 0 bridgehead atoms. The first-order chi connectivity index (χ1) is 6.47. The summed E-state index contributed by atoms with van der Waals surface area (Å²) in [5.41, 5.74) is 2.32. The Bertz CT molecular complexity index is 388. The molecule has 0 spiro atoms. The van der Waals surface area contributed by atoms with Crippen molar-refractivity contribution in [2.75, 3.05) is 0 Å². The Labute approximate surface area is 84.6 Å². The molecule has 0 saturated heterocycles. The Morgan fingerprint density at radius 1 is 1.43 bits per heavy atom. The van der Waals surface area contributed by atoms with Crippen molar-refractivity contribution in [1.82, 2.24) is 4.98 Å². The average Bonchev–Trinajstić information content (AvgIpc) is 2.41. The van der Waals surface area contributed by atoms with Crippen molar-refractivity contribution in [3.63, 3.8) is 0 Å². The zero-order valence-electron chi connectivity index (χ0n) is 8.92. The van der Waals surface area contributed by atoms with Gasteiger partial charge in [0.25, 0.3) is 0 Å². The number of nitrogens with zero attached hydrogens (tertiary/aromatic N) is 1. The van der Waals surface area contributed by atoms with Gasteiger partial charge in [0.2, 0.25) is 0 Å². The van der Waals surface area contributed by atoms with Crippen molar-refractivity contribution < 1.29 is 4.74 Å². The van der Waals surface area contributed by atoms with E-state index in [2.05, 4.69) is 38.4 Å². The summed E-state index contributed by atoms with van der Waals surface area (Å²) in [6.45, 7) is 10.3. The van der Waals surface area contributed by atoms with E-state index in [4.69, 9.17) is 4.74 Å². The molecule has 0 unspecified atom stereocenters. The van der Waals surface area contributed by atoms with E-state index in [1.54, 1.807) is 0 Å². The molecule has 2 heterocycles. The lowest BCUT2D eigenvalue weighted by atomic mass is 9.88. The lowest BCUT2D eigenvalue weighted by molar-refractivity contribution is 0.446. The zero-order chi connectivity index (χ0) is 10.3. The molecule has 0 fully saturated rings. The topological polar surface area (TPSA) is 22.1 Å². The molecule has 0 saturated carbocycles. The molecule has 1 aliphatic rings. The van der Waals surface area contributed by atoms with Crippen molar-refractivity contribution in [3.05, 3.63) is 35.9 Å². The van der Waals surface area contributed by atoms with Gasteiger partial charge in [0.05, 0.1) is 12.1 Å². The minimum absolute atomic E-state index is 0.120. The van der Waals surface area contributed by atoms with Crippen LogP contribution in [0.1, 0.15) is 32.0 Å². The summed E-state index contributed by atoms with van der Waals surface area (Å²) in [6.07, 6.45) is 2.68. The third-order valence-electron chi connectivity index (χ3n) is 2.42. The third kappa shape index (κ3) is 1.52. The van der Waals surface area contributed by atoms with Gasteiger partial charge >= 0.3 is 0 Å². The van der Waals surface area contributed by atoms with E-state index in [9.17, 15) is 0 Å². The van der Waals surface area contributed by atoms with Crippen LogP contribution in [0.5, 0.6) is 5.75 Å². The highest BCUT2D eigenvalue weighted by molar-refractivity contribution is 5.40. The summed E-state index contributed by atoms with van der Waals surface area (Å²) >= 11 is 0. The largest absolute Gasteiger partial charge is 0.460 e. The standard InChI is InChI=1S/C12H15NO/c1-8-5-10-11(14-8)6-9(7-13-10)12(2,3)4/h6-7H,1,5H2,2-4H3. The second kappa shape index (κ2) is 2.84. The molecule has 1 aromatic heterocycles. The van der Waals surface area contributed by atoms with E-state index < -0.39 is 0 Å². The summed E-state index contributed by atoms with van der Waals surface area (Å²) in [5, 5.41) is 0. The van der Waals surface area contributed by atoms with Crippen molar-refractivity contribution in [3.8, 4) is 5.75 Å². The number of hydrogen-bond acceptors (Lipinski definition) is 2. The smallest absolute Gasteiger partial charge is 0.149 e. The molecule has 1 aliphatic heterocycles. The lowest BCUT2D eigenvalue weighted by Crippen LogP contribution is -2.11. The summed E-state index contributed by atoms with van der Waals surface area (Å²) in [4.78, 5) is 4.39. The molecular formula is C12H15NO. The number of hydrogen-bond donors (Lipinski definition) is 0. The molecule has 2 rings (SSSR count). The highest BCUT2D eigenvalue weighted by atomic mass is 16.5. The molecule has 74 valence electrons. The van der Waals surface area contributed by atoms with Gasteiger partial charge in [-0.15, -0.1) is 0 Å². The van der Waals surface area contributed by atoms with Gasteiger partial charge in [-0.05, 0) is 17.0 Å². The maximum Gasteiger partial charge on any atom is 0.149 e. The summed E-state index contributed by atoms with van der Waals surface area (Å²) in [5.74, 6) is 1.67. The van der Waals surface area contributed by atoms with Crippen LogP contribution in [0, 0.1) is 0 Å². The van der Waals surface area contributed by atoms with Crippen molar-refractivity contribution in [1.29, 1.82) is 0 Å². The van der Waals surface area contributed by atoms with Crippen LogP contribution in [0.2, 0.25) is 0 Å². The molecule has 0 atom stereocenters. The molecule has 0 N–H and O–H groups in total. The first kappa shape index (κ1) is 9.25. The minimum atomic E-state index is 0.120. The quantitative estimate of drug-likeness (QED) is 0.626. The van der Waals surface area contributed by atoms with Crippen molar-refractivity contribution in [2.24, 2.45) is 0 Å². The number of allylic oxidation sites excluding steroid dienone is 1. The van der Waals surface area contributed by atoms with E-state index >= 15 is 0 Å². The van der Waals surface area contributed by atoms with E-state index in [0.717, 1.165) is 23.6 Å². The Hall–Kier alpha value is -1.31. The Balaban J connectivity index is 2.43. The monoisotopic (exact) mass is 189 g/mol. The van der Waals surface area contributed by atoms with Crippen LogP contribution < -0.4 is 4.74 Å². The Morgan fingerprint density at radius 2 is 2.14 bits per heavy atom. The van der Waals surface area contributed by atoms with Gasteiger partial charge in [-0.2, -0.15) is 0 Å². The van der Waals surface area contributed by atoms with Crippen molar-refractivity contribution in [2.45, 2.75) is 32.6 Å². The van der Waals surface area contributed by atoms with Gasteiger partial charge in [0.1, 0.15) is 11.5 Å². The van der Waals surface area contributed by atoms with Crippen LogP contribution in [0.3, 0.4) is 0 Å².